The average molecular weight is 330 g/mol. The number of nitrogens with one attached hydrogen (secondary N) is 1. The van der Waals surface area contributed by atoms with Crippen LogP contribution >= 0.6 is 0 Å². The van der Waals surface area contributed by atoms with Crippen LogP contribution < -0.4 is 19.5 Å². The van der Waals surface area contributed by atoms with E-state index in [9.17, 15) is 4.79 Å². The highest BCUT2D eigenvalue weighted by Crippen LogP contribution is 2.27. The van der Waals surface area contributed by atoms with E-state index in [1.54, 1.807) is 32.5 Å². The number of carbonyl (C=O) groups excluding carboxylic acids is 1. The molecule has 1 aromatic heterocycles. The number of pyridine rings is 1. The molecule has 2 aromatic rings. The summed E-state index contributed by atoms with van der Waals surface area (Å²) in [6, 6.07) is 9.13. The Balaban J connectivity index is 1.97. The second-order valence-electron chi connectivity index (χ2n) is 5.04. The molecule has 6 heteroatoms. The molecule has 1 N–H and O–H groups in total. The minimum atomic E-state index is -0.0893. The topological polar surface area (TPSA) is 69.7 Å². The summed E-state index contributed by atoms with van der Waals surface area (Å²) in [5, 5.41) is 2.88. The van der Waals surface area contributed by atoms with Crippen molar-refractivity contribution in [1.82, 2.24) is 10.3 Å². The maximum absolute atomic E-state index is 12.2. The number of hydrogen-bond donors (Lipinski definition) is 1. The van der Waals surface area contributed by atoms with Gasteiger partial charge in [0.1, 0.15) is 0 Å². The second-order valence-corrected chi connectivity index (χ2v) is 5.04. The van der Waals surface area contributed by atoms with Gasteiger partial charge in [0.2, 0.25) is 11.8 Å². The Morgan fingerprint density at radius 1 is 1.17 bits per heavy atom. The summed E-state index contributed by atoms with van der Waals surface area (Å²) >= 11 is 0. The zero-order chi connectivity index (χ0) is 17.4. The Morgan fingerprint density at radius 2 is 1.96 bits per heavy atom. The Kier molecular flexibility index (Phi) is 6.42. The van der Waals surface area contributed by atoms with Crippen LogP contribution in [0, 0.1) is 0 Å². The van der Waals surface area contributed by atoms with Crippen LogP contribution in [0.1, 0.15) is 18.1 Å². The van der Waals surface area contributed by atoms with Crippen molar-refractivity contribution in [2.75, 3.05) is 20.8 Å². The van der Waals surface area contributed by atoms with Gasteiger partial charge in [-0.25, -0.2) is 4.98 Å². The van der Waals surface area contributed by atoms with E-state index in [1.165, 1.54) is 0 Å². The van der Waals surface area contributed by atoms with Crippen molar-refractivity contribution in [3.8, 4) is 17.4 Å². The Labute approximate surface area is 141 Å². The number of aromatic nitrogens is 1. The van der Waals surface area contributed by atoms with Crippen LogP contribution in [0.4, 0.5) is 0 Å². The van der Waals surface area contributed by atoms with E-state index in [0.717, 1.165) is 11.1 Å². The Bertz CT molecular complexity index is 688. The summed E-state index contributed by atoms with van der Waals surface area (Å²) in [5.74, 6) is 1.70. The maximum atomic E-state index is 12.2. The van der Waals surface area contributed by atoms with E-state index < -0.39 is 0 Å². The summed E-state index contributed by atoms with van der Waals surface area (Å²) in [7, 11) is 3.15. The molecular weight excluding hydrogens is 308 g/mol. The molecule has 0 unspecified atom stereocenters. The van der Waals surface area contributed by atoms with E-state index in [0.29, 0.717) is 30.5 Å². The third kappa shape index (κ3) is 4.62. The Morgan fingerprint density at radius 3 is 2.67 bits per heavy atom. The maximum Gasteiger partial charge on any atom is 0.224 e. The van der Waals surface area contributed by atoms with Gasteiger partial charge >= 0.3 is 0 Å². The monoisotopic (exact) mass is 330 g/mol. The number of nitrogens with zero attached hydrogens (tertiary/aromatic N) is 1. The summed E-state index contributed by atoms with van der Waals surface area (Å²) in [6.07, 6.45) is 1.92. The molecule has 0 radical (unpaired) electrons. The predicted molar refractivity (Wildman–Crippen MR) is 90.5 cm³/mol. The second kappa shape index (κ2) is 8.76. The molecule has 0 bridgehead atoms. The molecular formula is C18H22N2O4. The van der Waals surface area contributed by atoms with Gasteiger partial charge in [-0.2, -0.15) is 0 Å². The molecule has 0 aliphatic heterocycles. The molecule has 2 rings (SSSR count). The summed E-state index contributed by atoms with van der Waals surface area (Å²) < 4.78 is 15.9. The van der Waals surface area contributed by atoms with Crippen molar-refractivity contribution >= 4 is 5.91 Å². The van der Waals surface area contributed by atoms with Crippen LogP contribution in [0.5, 0.6) is 17.4 Å². The molecule has 1 aromatic carbocycles. The number of ether oxygens (including phenoxy) is 3. The highest BCUT2D eigenvalue weighted by atomic mass is 16.5. The Hall–Kier alpha value is -2.76. The first-order valence-electron chi connectivity index (χ1n) is 7.72. The molecule has 1 amide bonds. The summed E-state index contributed by atoms with van der Waals surface area (Å²) in [6.45, 7) is 2.80. The van der Waals surface area contributed by atoms with Crippen molar-refractivity contribution in [3.05, 3.63) is 47.7 Å². The number of methoxy groups -OCH3 is 2. The zero-order valence-electron chi connectivity index (χ0n) is 14.2. The molecule has 0 saturated heterocycles. The van der Waals surface area contributed by atoms with Crippen molar-refractivity contribution in [2.45, 2.75) is 19.9 Å². The van der Waals surface area contributed by atoms with Crippen molar-refractivity contribution in [3.63, 3.8) is 0 Å². The molecule has 6 nitrogen and oxygen atoms in total. The first kappa shape index (κ1) is 17.6. The number of hydrogen-bond acceptors (Lipinski definition) is 5. The third-order valence-corrected chi connectivity index (χ3v) is 3.42. The summed E-state index contributed by atoms with van der Waals surface area (Å²) in [4.78, 5) is 16.3. The van der Waals surface area contributed by atoms with Gasteiger partial charge in [-0.15, -0.1) is 0 Å². The highest BCUT2D eigenvalue weighted by molar-refractivity contribution is 5.78. The van der Waals surface area contributed by atoms with Gasteiger partial charge in [0.05, 0.1) is 27.2 Å². The lowest BCUT2D eigenvalue weighted by molar-refractivity contribution is -0.120. The van der Waals surface area contributed by atoms with E-state index in [4.69, 9.17) is 14.2 Å². The fourth-order valence-corrected chi connectivity index (χ4v) is 2.26. The quantitative estimate of drug-likeness (QED) is 0.804. The number of benzene rings is 1. The predicted octanol–water partition coefficient (Wildman–Crippen LogP) is 2.36. The van der Waals surface area contributed by atoms with Crippen LogP contribution in [0.15, 0.2) is 36.5 Å². The minimum absolute atomic E-state index is 0.0893. The van der Waals surface area contributed by atoms with Crippen molar-refractivity contribution in [2.24, 2.45) is 0 Å². The van der Waals surface area contributed by atoms with Crippen LogP contribution in [0.25, 0.3) is 0 Å². The van der Waals surface area contributed by atoms with Gasteiger partial charge < -0.3 is 19.5 Å². The van der Waals surface area contributed by atoms with Gasteiger partial charge in [0.25, 0.3) is 0 Å². The molecule has 0 saturated carbocycles. The van der Waals surface area contributed by atoms with E-state index in [-0.39, 0.29) is 12.3 Å². The van der Waals surface area contributed by atoms with Gasteiger partial charge in [0, 0.05) is 18.3 Å². The van der Waals surface area contributed by atoms with E-state index in [1.807, 2.05) is 25.1 Å². The van der Waals surface area contributed by atoms with Gasteiger partial charge in [0.15, 0.2) is 11.5 Å². The molecule has 24 heavy (non-hydrogen) atoms. The zero-order valence-corrected chi connectivity index (χ0v) is 14.2. The largest absolute Gasteiger partial charge is 0.493 e. The van der Waals surface area contributed by atoms with Crippen LogP contribution in [0.3, 0.4) is 0 Å². The molecule has 0 spiro atoms. The standard InChI is InChI=1S/C18H22N2O4/c1-4-24-18-14(6-5-9-19-18)12-20-17(21)11-13-7-8-15(22-2)16(10-13)23-3/h5-10H,4,11-12H2,1-3H3,(H,20,21). The van der Waals surface area contributed by atoms with Crippen molar-refractivity contribution in [1.29, 1.82) is 0 Å². The minimum Gasteiger partial charge on any atom is -0.493 e. The molecule has 0 fully saturated rings. The van der Waals surface area contributed by atoms with Gasteiger partial charge in [-0.1, -0.05) is 12.1 Å². The summed E-state index contributed by atoms with van der Waals surface area (Å²) in [5.41, 5.74) is 1.70. The number of amides is 1. The molecule has 0 atom stereocenters. The van der Waals surface area contributed by atoms with Crippen molar-refractivity contribution < 1.29 is 19.0 Å². The fourth-order valence-electron chi connectivity index (χ4n) is 2.26. The molecule has 1 heterocycles. The molecule has 128 valence electrons. The van der Waals surface area contributed by atoms with Gasteiger partial charge in [-0.05, 0) is 30.7 Å². The van der Waals surface area contributed by atoms with E-state index >= 15 is 0 Å². The number of rotatable bonds is 8. The van der Waals surface area contributed by atoms with Gasteiger partial charge in [-0.3, -0.25) is 4.79 Å². The lowest BCUT2D eigenvalue weighted by Gasteiger charge is -2.11. The van der Waals surface area contributed by atoms with Crippen LogP contribution in [-0.2, 0) is 17.8 Å². The first-order valence-corrected chi connectivity index (χ1v) is 7.72. The first-order chi connectivity index (χ1) is 11.7. The lowest BCUT2D eigenvalue weighted by Crippen LogP contribution is -2.25. The number of carbonyl (C=O) groups is 1. The lowest BCUT2D eigenvalue weighted by atomic mass is 10.1. The molecule has 0 aliphatic rings. The normalized spacial score (nSPS) is 10.1. The highest BCUT2D eigenvalue weighted by Gasteiger charge is 2.10. The SMILES string of the molecule is CCOc1ncccc1CNC(=O)Cc1ccc(OC)c(OC)c1. The molecule has 0 aliphatic carbocycles. The average Bonchev–Trinajstić information content (AvgIpc) is 2.61. The third-order valence-electron chi connectivity index (χ3n) is 3.42. The van der Waals surface area contributed by atoms with Crippen LogP contribution in [0.2, 0.25) is 0 Å². The fraction of sp³-hybridized carbons (Fsp3) is 0.333. The smallest absolute Gasteiger partial charge is 0.224 e. The van der Waals surface area contributed by atoms with E-state index in [2.05, 4.69) is 10.3 Å². The van der Waals surface area contributed by atoms with Crippen LogP contribution in [-0.4, -0.2) is 31.7 Å².